The maximum atomic E-state index is 11.9. The van der Waals surface area contributed by atoms with Crippen LogP contribution in [-0.2, 0) is 11.2 Å². The monoisotopic (exact) mass is 269 g/mol. The Labute approximate surface area is 119 Å². The van der Waals surface area contributed by atoms with Crippen molar-refractivity contribution in [3.8, 4) is 5.75 Å². The van der Waals surface area contributed by atoms with Crippen molar-refractivity contribution < 1.29 is 9.90 Å². The lowest BCUT2D eigenvalue weighted by Crippen LogP contribution is -2.13. The van der Waals surface area contributed by atoms with E-state index in [2.05, 4.69) is 0 Å². The van der Waals surface area contributed by atoms with Crippen LogP contribution < -0.4 is 5.73 Å². The van der Waals surface area contributed by atoms with Gasteiger partial charge in [0.05, 0.1) is 0 Å². The van der Waals surface area contributed by atoms with Crippen LogP contribution in [0.25, 0.3) is 0 Å². The minimum absolute atomic E-state index is 0.107. The van der Waals surface area contributed by atoms with Crippen molar-refractivity contribution in [2.45, 2.75) is 25.3 Å². The number of benzene rings is 2. The summed E-state index contributed by atoms with van der Waals surface area (Å²) in [5.41, 5.74) is 7.96. The summed E-state index contributed by atoms with van der Waals surface area (Å²) in [6, 6.07) is 16.5. The van der Waals surface area contributed by atoms with Gasteiger partial charge >= 0.3 is 0 Å². The number of rotatable bonds is 6. The third-order valence-corrected chi connectivity index (χ3v) is 3.27. The summed E-state index contributed by atoms with van der Waals surface area (Å²) >= 11 is 0. The Bertz CT molecular complexity index is 566. The molecule has 0 radical (unpaired) electrons. The molecule has 2 aromatic rings. The summed E-state index contributed by atoms with van der Waals surface area (Å²) in [7, 11) is 0. The zero-order valence-corrected chi connectivity index (χ0v) is 11.3. The molecule has 20 heavy (non-hydrogen) atoms. The molecule has 3 N–H and O–H groups in total. The first-order valence-corrected chi connectivity index (χ1v) is 6.75. The molecule has 0 aromatic heterocycles. The molecule has 0 aliphatic carbocycles. The Morgan fingerprint density at radius 3 is 2.55 bits per heavy atom. The quantitative estimate of drug-likeness (QED) is 0.847. The SMILES string of the molecule is NC(CCC(=O)Cc1cccc(O)c1)c1ccccc1. The van der Waals surface area contributed by atoms with E-state index in [0.717, 1.165) is 11.1 Å². The van der Waals surface area contributed by atoms with Crippen LogP contribution in [0.3, 0.4) is 0 Å². The molecule has 0 spiro atoms. The average molecular weight is 269 g/mol. The van der Waals surface area contributed by atoms with Crippen LogP contribution in [0.5, 0.6) is 5.75 Å². The van der Waals surface area contributed by atoms with E-state index in [1.165, 1.54) is 0 Å². The highest BCUT2D eigenvalue weighted by Crippen LogP contribution is 2.17. The van der Waals surface area contributed by atoms with Crippen molar-refractivity contribution in [3.05, 3.63) is 65.7 Å². The molecular formula is C17H19NO2. The minimum Gasteiger partial charge on any atom is -0.508 e. The van der Waals surface area contributed by atoms with E-state index < -0.39 is 0 Å². The van der Waals surface area contributed by atoms with Crippen molar-refractivity contribution in [1.29, 1.82) is 0 Å². The molecule has 3 heteroatoms. The van der Waals surface area contributed by atoms with Crippen molar-refractivity contribution in [2.24, 2.45) is 5.73 Å². The highest BCUT2D eigenvalue weighted by atomic mass is 16.3. The second-order valence-electron chi connectivity index (χ2n) is 4.94. The zero-order valence-electron chi connectivity index (χ0n) is 11.3. The van der Waals surface area contributed by atoms with Crippen LogP contribution in [0.4, 0.5) is 0 Å². The lowest BCUT2D eigenvalue weighted by Gasteiger charge is -2.11. The largest absolute Gasteiger partial charge is 0.508 e. The Morgan fingerprint density at radius 2 is 1.85 bits per heavy atom. The molecule has 2 rings (SSSR count). The molecule has 2 aromatic carbocycles. The molecule has 0 aliphatic rings. The van der Waals surface area contributed by atoms with Crippen molar-refractivity contribution in [3.63, 3.8) is 0 Å². The average Bonchev–Trinajstić information content (AvgIpc) is 2.46. The number of nitrogens with two attached hydrogens (primary N) is 1. The van der Waals surface area contributed by atoms with Gasteiger partial charge in [-0.3, -0.25) is 4.79 Å². The van der Waals surface area contributed by atoms with Crippen molar-refractivity contribution >= 4 is 5.78 Å². The summed E-state index contributed by atoms with van der Waals surface area (Å²) in [5.74, 6) is 0.332. The Hall–Kier alpha value is -2.13. The van der Waals surface area contributed by atoms with Gasteiger partial charge in [-0.25, -0.2) is 0 Å². The molecule has 0 fully saturated rings. The van der Waals surface area contributed by atoms with Crippen molar-refractivity contribution in [2.75, 3.05) is 0 Å². The number of phenolic OH excluding ortho intramolecular Hbond substituents is 1. The maximum absolute atomic E-state index is 11.9. The molecule has 0 bridgehead atoms. The Kier molecular flexibility index (Phi) is 4.91. The van der Waals surface area contributed by atoms with E-state index >= 15 is 0 Å². The lowest BCUT2D eigenvalue weighted by atomic mass is 9.99. The first-order valence-electron chi connectivity index (χ1n) is 6.75. The second kappa shape index (κ2) is 6.87. The summed E-state index contributed by atoms with van der Waals surface area (Å²) in [6.07, 6.45) is 1.43. The number of ketones is 1. The van der Waals surface area contributed by atoms with E-state index in [1.807, 2.05) is 36.4 Å². The minimum atomic E-state index is -0.107. The molecular weight excluding hydrogens is 250 g/mol. The fourth-order valence-corrected chi connectivity index (χ4v) is 2.17. The third-order valence-electron chi connectivity index (χ3n) is 3.27. The first-order chi connectivity index (χ1) is 9.65. The second-order valence-corrected chi connectivity index (χ2v) is 4.94. The van der Waals surface area contributed by atoms with Gasteiger partial charge in [0.15, 0.2) is 0 Å². The number of carbonyl (C=O) groups excluding carboxylic acids is 1. The highest BCUT2D eigenvalue weighted by Gasteiger charge is 2.09. The fraction of sp³-hybridized carbons (Fsp3) is 0.235. The van der Waals surface area contributed by atoms with Crippen LogP contribution in [-0.4, -0.2) is 10.9 Å². The van der Waals surface area contributed by atoms with E-state index in [1.54, 1.807) is 18.2 Å². The van der Waals surface area contributed by atoms with Gasteiger partial charge < -0.3 is 10.8 Å². The molecule has 0 saturated heterocycles. The molecule has 0 amide bonds. The normalized spacial score (nSPS) is 12.1. The predicted octanol–water partition coefficient (Wildman–Crippen LogP) is 2.98. The number of carbonyl (C=O) groups is 1. The number of hydrogen-bond donors (Lipinski definition) is 2. The van der Waals surface area contributed by atoms with Gasteiger partial charge in [0.25, 0.3) is 0 Å². The lowest BCUT2D eigenvalue weighted by molar-refractivity contribution is -0.118. The number of aromatic hydroxyl groups is 1. The van der Waals surface area contributed by atoms with Gasteiger partial charge in [0.2, 0.25) is 0 Å². The maximum Gasteiger partial charge on any atom is 0.137 e. The molecule has 3 nitrogen and oxygen atoms in total. The van der Waals surface area contributed by atoms with E-state index in [9.17, 15) is 9.90 Å². The zero-order chi connectivity index (χ0) is 14.4. The number of phenols is 1. The Morgan fingerprint density at radius 1 is 1.10 bits per heavy atom. The smallest absolute Gasteiger partial charge is 0.137 e. The molecule has 0 aliphatic heterocycles. The van der Waals surface area contributed by atoms with Gasteiger partial charge in [-0.05, 0) is 29.7 Å². The van der Waals surface area contributed by atoms with Gasteiger partial charge in [-0.2, -0.15) is 0 Å². The van der Waals surface area contributed by atoms with E-state index in [4.69, 9.17) is 5.73 Å². The molecule has 0 heterocycles. The fourth-order valence-electron chi connectivity index (χ4n) is 2.17. The number of Topliss-reactive ketones (excluding diaryl/α,β-unsaturated/α-hetero) is 1. The predicted molar refractivity (Wildman–Crippen MR) is 79.4 cm³/mol. The van der Waals surface area contributed by atoms with Crippen LogP contribution in [0, 0.1) is 0 Å². The standard InChI is InChI=1S/C17H19NO2/c18-17(14-6-2-1-3-7-14)10-9-16(20)12-13-5-4-8-15(19)11-13/h1-8,11,17,19H,9-10,12,18H2. The summed E-state index contributed by atoms with van der Waals surface area (Å²) in [5, 5.41) is 9.36. The molecule has 1 atom stereocenters. The Balaban J connectivity index is 1.83. The van der Waals surface area contributed by atoms with Crippen LogP contribution in [0.15, 0.2) is 54.6 Å². The van der Waals surface area contributed by atoms with Gasteiger partial charge in [-0.1, -0.05) is 42.5 Å². The van der Waals surface area contributed by atoms with Crippen LogP contribution in [0.2, 0.25) is 0 Å². The van der Waals surface area contributed by atoms with Gasteiger partial charge in [-0.15, -0.1) is 0 Å². The van der Waals surface area contributed by atoms with Crippen LogP contribution >= 0.6 is 0 Å². The summed E-state index contributed by atoms with van der Waals surface area (Å²) < 4.78 is 0. The van der Waals surface area contributed by atoms with E-state index in [0.29, 0.717) is 19.3 Å². The molecule has 1 unspecified atom stereocenters. The van der Waals surface area contributed by atoms with Gasteiger partial charge in [0.1, 0.15) is 11.5 Å². The third kappa shape index (κ3) is 4.21. The summed E-state index contributed by atoms with van der Waals surface area (Å²) in [4.78, 5) is 11.9. The van der Waals surface area contributed by atoms with Crippen LogP contribution in [0.1, 0.15) is 30.0 Å². The molecule has 0 saturated carbocycles. The number of hydrogen-bond acceptors (Lipinski definition) is 3. The topological polar surface area (TPSA) is 63.3 Å². The van der Waals surface area contributed by atoms with E-state index in [-0.39, 0.29) is 17.6 Å². The van der Waals surface area contributed by atoms with Crippen molar-refractivity contribution in [1.82, 2.24) is 0 Å². The van der Waals surface area contributed by atoms with Gasteiger partial charge in [0, 0.05) is 18.9 Å². The summed E-state index contributed by atoms with van der Waals surface area (Å²) in [6.45, 7) is 0. The molecule has 104 valence electrons. The first kappa shape index (κ1) is 14.3. The highest BCUT2D eigenvalue weighted by molar-refractivity contribution is 5.81.